The van der Waals surface area contributed by atoms with Crippen LogP contribution in [0, 0.1) is 0 Å². The molecule has 0 atom stereocenters. The number of aromatic nitrogens is 2. The van der Waals surface area contributed by atoms with Crippen molar-refractivity contribution in [2.24, 2.45) is 7.05 Å². The van der Waals surface area contributed by atoms with Gasteiger partial charge in [-0.2, -0.15) is 5.10 Å². The molecule has 0 aliphatic rings. The highest BCUT2D eigenvalue weighted by Gasteiger charge is 2.06. The van der Waals surface area contributed by atoms with Gasteiger partial charge >= 0.3 is 0 Å². The van der Waals surface area contributed by atoms with Gasteiger partial charge < -0.3 is 15.2 Å². The van der Waals surface area contributed by atoms with Crippen LogP contribution in [0.2, 0.25) is 0 Å². The van der Waals surface area contributed by atoms with Gasteiger partial charge in [-0.05, 0) is 24.1 Å². The fourth-order valence-electron chi connectivity index (χ4n) is 1.97. The number of hydrogen-bond donors (Lipinski definition) is 2. The molecule has 0 spiro atoms. The predicted molar refractivity (Wildman–Crippen MR) is 74.6 cm³/mol. The van der Waals surface area contributed by atoms with Crippen LogP contribution in [0.1, 0.15) is 18.2 Å². The molecular formula is C14H19N3O2. The Hall–Kier alpha value is -2.17. The normalized spacial score (nSPS) is 10.5. The quantitative estimate of drug-likeness (QED) is 0.867. The van der Waals surface area contributed by atoms with Crippen LogP contribution in [0.5, 0.6) is 11.5 Å². The maximum atomic E-state index is 9.55. The lowest BCUT2D eigenvalue weighted by Crippen LogP contribution is -2.01. The molecule has 1 aromatic carbocycles. The van der Waals surface area contributed by atoms with Gasteiger partial charge in [0, 0.05) is 19.8 Å². The number of phenolic OH excluding ortho intramolecular Hbond substituents is 1. The summed E-state index contributed by atoms with van der Waals surface area (Å²) in [5.41, 5.74) is 3.13. The lowest BCUT2D eigenvalue weighted by molar-refractivity contribution is 0.373. The second-order valence-corrected chi connectivity index (χ2v) is 4.38. The van der Waals surface area contributed by atoms with Gasteiger partial charge in [0.05, 0.1) is 18.5 Å². The van der Waals surface area contributed by atoms with Crippen LogP contribution in [-0.2, 0) is 20.0 Å². The SMILES string of the molecule is CCc1nn(C)cc1NCc1ccc(O)c(OC)c1. The van der Waals surface area contributed by atoms with Crippen LogP contribution >= 0.6 is 0 Å². The van der Waals surface area contributed by atoms with Crippen molar-refractivity contribution >= 4 is 5.69 Å². The van der Waals surface area contributed by atoms with E-state index in [2.05, 4.69) is 17.3 Å². The number of ether oxygens (including phenoxy) is 1. The highest BCUT2D eigenvalue weighted by molar-refractivity contribution is 5.48. The highest BCUT2D eigenvalue weighted by Crippen LogP contribution is 2.26. The molecule has 1 aromatic heterocycles. The minimum atomic E-state index is 0.155. The van der Waals surface area contributed by atoms with E-state index in [9.17, 15) is 5.11 Å². The van der Waals surface area contributed by atoms with E-state index in [-0.39, 0.29) is 5.75 Å². The van der Waals surface area contributed by atoms with Gasteiger partial charge in [-0.15, -0.1) is 0 Å². The summed E-state index contributed by atoms with van der Waals surface area (Å²) in [5, 5.41) is 17.3. The van der Waals surface area contributed by atoms with Crippen molar-refractivity contribution in [2.75, 3.05) is 12.4 Å². The average molecular weight is 261 g/mol. The van der Waals surface area contributed by atoms with E-state index in [4.69, 9.17) is 4.74 Å². The summed E-state index contributed by atoms with van der Waals surface area (Å²) in [4.78, 5) is 0. The van der Waals surface area contributed by atoms with E-state index in [1.807, 2.05) is 25.4 Å². The number of hydrogen-bond acceptors (Lipinski definition) is 4. The van der Waals surface area contributed by atoms with E-state index in [1.165, 1.54) is 0 Å². The van der Waals surface area contributed by atoms with Crippen molar-refractivity contribution < 1.29 is 9.84 Å². The number of aryl methyl sites for hydroxylation is 2. The third kappa shape index (κ3) is 2.99. The summed E-state index contributed by atoms with van der Waals surface area (Å²) in [7, 11) is 3.45. The predicted octanol–water partition coefficient (Wildman–Crippen LogP) is 2.31. The summed E-state index contributed by atoms with van der Waals surface area (Å²) in [5.74, 6) is 0.642. The zero-order valence-electron chi connectivity index (χ0n) is 11.5. The molecule has 0 saturated heterocycles. The van der Waals surface area contributed by atoms with Crippen LogP contribution in [0.3, 0.4) is 0 Å². The van der Waals surface area contributed by atoms with Crippen molar-refractivity contribution in [3.8, 4) is 11.5 Å². The maximum Gasteiger partial charge on any atom is 0.160 e. The van der Waals surface area contributed by atoms with Crippen LogP contribution < -0.4 is 10.1 Å². The molecule has 2 N–H and O–H groups in total. The molecule has 0 aliphatic heterocycles. The second kappa shape index (κ2) is 5.65. The van der Waals surface area contributed by atoms with Crippen molar-refractivity contribution in [2.45, 2.75) is 19.9 Å². The summed E-state index contributed by atoms with van der Waals surface area (Å²) >= 11 is 0. The van der Waals surface area contributed by atoms with Crippen LogP contribution in [0.4, 0.5) is 5.69 Å². The first kappa shape index (κ1) is 13.3. The van der Waals surface area contributed by atoms with Gasteiger partial charge in [0.15, 0.2) is 11.5 Å². The number of nitrogens with one attached hydrogen (secondary N) is 1. The summed E-state index contributed by atoms with van der Waals surface area (Å²) in [6, 6.07) is 5.33. The number of aromatic hydroxyl groups is 1. The Balaban J connectivity index is 2.09. The van der Waals surface area contributed by atoms with Gasteiger partial charge in [-0.25, -0.2) is 0 Å². The van der Waals surface area contributed by atoms with E-state index in [0.717, 1.165) is 23.4 Å². The van der Waals surface area contributed by atoms with Crippen molar-refractivity contribution in [3.05, 3.63) is 35.7 Å². The Bertz CT molecular complexity index is 564. The van der Waals surface area contributed by atoms with Gasteiger partial charge in [0.1, 0.15) is 0 Å². The molecule has 0 aliphatic carbocycles. The summed E-state index contributed by atoms with van der Waals surface area (Å²) in [6.45, 7) is 2.74. The molecule has 0 bridgehead atoms. The highest BCUT2D eigenvalue weighted by atomic mass is 16.5. The Morgan fingerprint density at radius 3 is 2.89 bits per heavy atom. The van der Waals surface area contributed by atoms with Crippen LogP contribution in [0.15, 0.2) is 24.4 Å². The molecule has 0 fully saturated rings. The molecule has 2 rings (SSSR count). The molecule has 1 heterocycles. The third-order valence-electron chi connectivity index (χ3n) is 2.97. The lowest BCUT2D eigenvalue weighted by Gasteiger charge is -2.08. The molecule has 19 heavy (non-hydrogen) atoms. The van der Waals surface area contributed by atoms with Crippen LogP contribution in [-0.4, -0.2) is 22.0 Å². The molecular weight excluding hydrogens is 242 g/mol. The molecule has 0 radical (unpaired) electrons. The first-order chi connectivity index (χ1) is 9.13. The molecule has 0 unspecified atom stereocenters. The minimum absolute atomic E-state index is 0.155. The van der Waals surface area contributed by atoms with Crippen molar-refractivity contribution in [1.29, 1.82) is 0 Å². The fraction of sp³-hybridized carbons (Fsp3) is 0.357. The molecule has 0 saturated carbocycles. The Morgan fingerprint density at radius 2 is 2.21 bits per heavy atom. The number of anilines is 1. The smallest absolute Gasteiger partial charge is 0.160 e. The number of benzene rings is 1. The largest absolute Gasteiger partial charge is 0.504 e. The Kier molecular flexibility index (Phi) is 3.94. The van der Waals surface area contributed by atoms with Crippen molar-refractivity contribution in [3.63, 3.8) is 0 Å². The zero-order chi connectivity index (χ0) is 13.8. The van der Waals surface area contributed by atoms with E-state index in [0.29, 0.717) is 12.3 Å². The van der Waals surface area contributed by atoms with E-state index < -0.39 is 0 Å². The lowest BCUT2D eigenvalue weighted by atomic mass is 10.2. The minimum Gasteiger partial charge on any atom is -0.504 e. The van der Waals surface area contributed by atoms with Crippen LogP contribution in [0.25, 0.3) is 0 Å². The Morgan fingerprint density at radius 1 is 1.42 bits per heavy atom. The number of phenols is 1. The molecule has 5 nitrogen and oxygen atoms in total. The number of rotatable bonds is 5. The molecule has 0 amide bonds. The number of nitrogens with zero attached hydrogens (tertiary/aromatic N) is 2. The summed E-state index contributed by atoms with van der Waals surface area (Å²) < 4.78 is 6.90. The van der Waals surface area contributed by atoms with E-state index >= 15 is 0 Å². The molecule has 5 heteroatoms. The van der Waals surface area contributed by atoms with Gasteiger partial charge in [0.2, 0.25) is 0 Å². The molecule has 102 valence electrons. The average Bonchev–Trinajstić information content (AvgIpc) is 2.78. The molecule has 2 aromatic rings. The van der Waals surface area contributed by atoms with Gasteiger partial charge in [-0.3, -0.25) is 4.68 Å². The monoisotopic (exact) mass is 261 g/mol. The van der Waals surface area contributed by atoms with Crippen molar-refractivity contribution in [1.82, 2.24) is 9.78 Å². The summed E-state index contributed by atoms with van der Waals surface area (Å²) in [6.07, 6.45) is 2.86. The van der Waals surface area contributed by atoms with E-state index in [1.54, 1.807) is 17.9 Å². The first-order valence-corrected chi connectivity index (χ1v) is 6.26. The van der Waals surface area contributed by atoms with Gasteiger partial charge in [0.25, 0.3) is 0 Å². The Labute approximate surface area is 112 Å². The number of methoxy groups -OCH3 is 1. The first-order valence-electron chi connectivity index (χ1n) is 6.26. The zero-order valence-corrected chi connectivity index (χ0v) is 11.5. The standard InChI is InChI=1S/C14H19N3O2/c1-4-11-12(9-17(2)16-11)15-8-10-5-6-13(18)14(7-10)19-3/h5-7,9,15,18H,4,8H2,1-3H3. The third-order valence-corrected chi connectivity index (χ3v) is 2.97. The fourth-order valence-corrected chi connectivity index (χ4v) is 1.97. The topological polar surface area (TPSA) is 59.3 Å². The maximum absolute atomic E-state index is 9.55. The second-order valence-electron chi connectivity index (χ2n) is 4.38. The van der Waals surface area contributed by atoms with Gasteiger partial charge in [-0.1, -0.05) is 13.0 Å².